The quantitative estimate of drug-likeness (QED) is 0.493. The van der Waals surface area contributed by atoms with Gasteiger partial charge in [0.1, 0.15) is 0 Å². The summed E-state index contributed by atoms with van der Waals surface area (Å²) in [4.78, 5) is 0. The fraction of sp³-hybridized carbons (Fsp3) is 1.00. The van der Waals surface area contributed by atoms with Crippen LogP contribution in [0.4, 0.5) is 0 Å². The Kier molecular flexibility index (Phi) is 3.40. The van der Waals surface area contributed by atoms with E-state index >= 15 is 0 Å². The van der Waals surface area contributed by atoms with Crippen molar-refractivity contribution in [3.05, 3.63) is 0 Å². The molecular weight excluding hydrogens is 226 g/mol. The molecule has 3 N–H and O–H groups in total. The van der Waals surface area contributed by atoms with Crippen LogP contribution in [-0.2, 0) is 0 Å². The molecule has 0 unspecified atom stereocenters. The van der Waals surface area contributed by atoms with Crippen LogP contribution in [0.15, 0.2) is 0 Å². The van der Waals surface area contributed by atoms with E-state index in [-0.39, 0.29) is 0 Å². The maximum atomic E-state index is 6.50. The van der Waals surface area contributed by atoms with Crippen molar-refractivity contribution < 1.29 is 5.21 Å². The van der Waals surface area contributed by atoms with Gasteiger partial charge in [-0.1, -0.05) is 31.9 Å². The Labute approximate surface area is 59.3 Å². The van der Waals surface area contributed by atoms with Gasteiger partial charge in [-0.2, -0.15) is 0 Å². The molecule has 44 valence electrons. The molecule has 0 heterocycles. The van der Waals surface area contributed by atoms with Gasteiger partial charge in [-0.25, -0.2) is 5.90 Å². The van der Waals surface area contributed by atoms with Gasteiger partial charge >= 0.3 is 0 Å². The van der Waals surface area contributed by atoms with Gasteiger partial charge in [-0.3, -0.25) is 0 Å². The molecule has 1 rings (SSSR count). The van der Waals surface area contributed by atoms with Crippen LogP contribution in [0.25, 0.3) is 0 Å². The van der Waals surface area contributed by atoms with E-state index in [1.54, 1.807) is 0 Å². The van der Waals surface area contributed by atoms with E-state index in [1.807, 2.05) is 0 Å². The molecule has 0 atom stereocenters. The summed E-state index contributed by atoms with van der Waals surface area (Å²) in [5.41, 5.74) is 0. The first kappa shape index (κ1) is 7.88. The second-order valence-electron chi connectivity index (χ2n) is 1.36. The van der Waals surface area contributed by atoms with Crippen LogP contribution in [0.5, 0.6) is 0 Å². The molecule has 0 aliphatic heterocycles. The Hall–Kier alpha value is 0.880. The van der Waals surface area contributed by atoms with E-state index in [0.717, 1.165) is 0 Å². The van der Waals surface area contributed by atoms with Crippen molar-refractivity contribution in [1.29, 1.82) is 0 Å². The summed E-state index contributed by atoms with van der Waals surface area (Å²) in [7, 11) is 0. The molecule has 0 aromatic carbocycles. The van der Waals surface area contributed by atoms with Crippen LogP contribution < -0.4 is 5.90 Å². The number of halogens is 2. The van der Waals surface area contributed by atoms with Crippen molar-refractivity contribution >= 4 is 31.9 Å². The maximum Gasteiger partial charge on any atom is 0.0807 e. The predicted octanol–water partition coefficient (Wildman–Crippen LogP) is 1.60. The van der Waals surface area contributed by atoms with Crippen molar-refractivity contribution in [2.24, 2.45) is 5.90 Å². The van der Waals surface area contributed by atoms with Gasteiger partial charge in [-0.05, 0) is 12.8 Å². The van der Waals surface area contributed by atoms with Crippen LogP contribution in [-0.4, -0.2) is 8.44 Å². The Morgan fingerprint density at radius 2 is 1.43 bits per heavy atom. The van der Waals surface area contributed by atoms with E-state index in [0.29, 0.717) is 3.23 Å². The third kappa shape index (κ3) is 4.74. The standard InChI is InChI=1S/C3H4Br2.H3NO/c4-3(5)1-2-3;1-2/h1-2H2;2H,1H2. The number of hydrogen-bond donors (Lipinski definition) is 2. The van der Waals surface area contributed by atoms with Crippen molar-refractivity contribution in [3.8, 4) is 0 Å². The summed E-state index contributed by atoms with van der Waals surface area (Å²) in [5, 5.41) is 6.50. The molecule has 1 saturated carbocycles. The summed E-state index contributed by atoms with van der Waals surface area (Å²) in [6.07, 6.45) is 2.57. The van der Waals surface area contributed by atoms with Crippen LogP contribution in [0.2, 0.25) is 0 Å². The third-order valence-electron chi connectivity index (χ3n) is 0.628. The molecule has 1 aliphatic carbocycles. The zero-order valence-corrected chi connectivity index (χ0v) is 6.87. The Bertz CT molecular complexity index is 50.9. The van der Waals surface area contributed by atoms with Gasteiger partial charge in [0.25, 0.3) is 0 Å². The fourth-order valence-corrected chi connectivity index (χ4v) is 0.491. The molecule has 4 heteroatoms. The summed E-state index contributed by atoms with van der Waals surface area (Å²) < 4.78 is 0.375. The van der Waals surface area contributed by atoms with Crippen molar-refractivity contribution in [2.45, 2.75) is 16.1 Å². The number of hydrogen-bond acceptors (Lipinski definition) is 2. The molecule has 0 aromatic heterocycles. The molecule has 0 bridgehead atoms. The van der Waals surface area contributed by atoms with Gasteiger partial charge in [0.15, 0.2) is 0 Å². The summed E-state index contributed by atoms with van der Waals surface area (Å²) in [5.74, 6) is 3.50. The topological polar surface area (TPSA) is 46.2 Å². The molecule has 0 saturated heterocycles. The second-order valence-corrected chi connectivity index (χ2v) is 5.46. The molecule has 0 amide bonds. The van der Waals surface area contributed by atoms with Gasteiger partial charge in [-0.15, -0.1) is 0 Å². The van der Waals surface area contributed by atoms with Gasteiger partial charge in [0.2, 0.25) is 0 Å². The number of rotatable bonds is 0. The lowest BCUT2D eigenvalue weighted by atomic mass is 11.0. The van der Waals surface area contributed by atoms with Crippen LogP contribution in [0, 0.1) is 0 Å². The van der Waals surface area contributed by atoms with E-state index < -0.39 is 0 Å². The van der Waals surface area contributed by atoms with E-state index in [9.17, 15) is 0 Å². The largest absolute Gasteiger partial charge is 0.320 e. The van der Waals surface area contributed by atoms with Crippen molar-refractivity contribution in [1.82, 2.24) is 0 Å². The zero-order chi connectivity index (χ0) is 5.91. The third-order valence-corrected chi connectivity index (χ3v) is 2.21. The minimum Gasteiger partial charge on any atom is -0.320 e. The van der Waals surface area contributed by atoms with E-state index in [4.69, 9.17) is 5.21 Å². The first-order valence-corrected chi connectivity index (χ1v) is 3.43. The van der Waals surface area contributed by atoms with E-state index in [1.165, 1.54) is 12.8 Å². The molecule has 0 spiro atoms. The summed E-state index contributed by atoms with van der Waals surface area (Å²) in [6, 6.07) is 0. The number of alkyl halides is 2. The highest BCUT2D eigenvalue weighted by Gasteiger charge is 2.36. The highest BCUT2D eigenvalue weighted by Crippen LogP contribution is 2.49. The lowest BCUT2D eigenvalue weighted by molar-refractivity contribution is 0.311. The Morgan fingerprint density at radius 3 is 1.43 bits per heavy atom. The van der Waals surface area contributed by atoms with Crippen LogP contribution in [0.3, 0.4) is 0 Å². The van der Waals surface area contributed by atoms with Crippen molar-refractivity contribution in [3.63, 3.8) is 0 Å². The monoisotopic (exact) mass is 231 g/mol. The molecule has 2 nitrogen and oxygen atoms in total. The van der Waals surface area contributed by atoms with Crippen LogP contribution in [0.1, 0.15) is 12.8 Å². The highest BCUT2D eigenvalue weighted by atomic mass is 79.9. The maximum absolute atomic E-state index is 6.50. The van der Waals surface area contributed by atoms with Crippen LogP contribution >= 0.6 is 31.9 Å². The molecule has 1 aliphatic rings. The van der Waals surface area contributed by atoms with Gasteiger partial charge in [0, 0.05) is 0 Å². The van der Waals surface area contributed by atoms with E-state index in [2.05, 4.69) is 37.8 Å². The lowest BCUT2D eigenvalue weighted by Crippen LogP contribution is -1.72. The Morgan fingerprint density at radius 1 is 1.29 bits per heavy atom. The van der Waals surface area contributed by atoms with Gasteiger partial charge < -0.3 is 5.21 Å². The first-order valence-electron chi connectivity index (χ1n) is 1.84. The number of nitrogens with two attached hydrogens (primary N) is 1. The minimum absolute atomic E-state index is 0.375. The average Bonchev–Trinajstić information content (AvgIpc) is 2.26. The predicted molar refractivity (Wildman–Crippen MR) is 35.8 cm³/mol. The normalized spacial score (nSPS) is 22.3. The molecule has 0 radical (unpaired) electrons. The SMILES string of the molecule is BrC1(Br)CC1.NO. The first-order chi connectivity index (χ1) is 3.21. The molecule has 0 aromatic rings. The summed E-state index contributed by atoms with van der Waals surface area (Å²) >= 11 is 6.81. The summed E-state index contributed by atoms with van der Waals surface area (Å²) in [6.45, 7) is 0. The average molecular weight is 233 g/mol. The zero-order valence-electron chi connectivity index (χ0n) is 3.69. The van der Waals surface area contributed by atoms with Gasteiger partial charge in [0.05, 0.1) is 3.23 Å². The smallest absolute Gasteiger partial charge is 0.0807 e. The molecular formula is C3H7Br2NO. The second kappa shape index (κ2) is 3.02. The highest BCUT2D eigenvalue weighted by molar-refractivity contribution is 9.25. The lowest BCUT2D eigenvalue weighted by Gasteiger charge is -1.80. The molecule has 1 fully saturated rings. The minimum atomic E-state index is 0.375. The van der Waals surface area contributed by atoms with Crippen molar-refractivity contribution in [2.75, 3.05) is 0 Å². The Balaban J connectivity index is 0.000000162. The fourth-order valence-electron chi connectivity index (χ4n) is 0.0945. The molecule has 7 heavy (non-hydrogen) atoms.